The topological polar surface area (TPSA) is 41.6 Å². The van der Waals surface area contributed by atoms with E-state index in [1.165, 1.54) is 0 Å². The van der Waals surface area contributed by atoms with Crippen molar-refractivity contribution in [3.05, 3.63) is 60.2 Å². The van der Waals surface area contributed by atoms with Gasteiger partial charge in [-0.25, -0.2) is 0 Å². The van der Waals surface area contributed by atoms with E-state index < -0.39 is 0 Å². The normalized spacial score (nSPS) is 10.1. The molecule has 0 saturated carbocycles. The van der Waals surface area contributed by atoms with E-state index in [2.05, 4.69) is 5.32 Å². The highest BCUT2D eigenvalue weighted by Gasteiger charge is 2.08. The summed E-state index contributed by atoms with van der Waals surface area (Å²) in [7, 11) is 3.47. The van der Waals surface area contributed by atoms with Crippen LogP contribution in [0, 0.1) is 0 Å². The van der Waals surface area contributed by atoms with Crippen molar-refractivity contribution >= 4 is 11.6 Å². The Morgan fingerprint density at radius 2 is 1.91 bits per heavy atom. The van der Waals surface area contributed by atoms with Crippen LogP contribution in [0.2, 0.25) is 0 Å². The Labute approximate surface area is 131 Å². The first-order valence-electron chi connectivity index (χ1n) is 7.35. The lowest BCUT2D eigenvalue weighted by Crippen LogP contribution is -2.27. The van der Waals surface area contributed by atoms with Gasteiger partial charge in [-0.2, -0.15) is 0 Å². The van der Waals surface area contributed by atoms with Gasteiger partial charge in [0.05, 0.1) is 7.11 Å². The third kappa shape index (κ3) is 4.81. The van der Waals surface area contributed by atoms with Gasteiger partial charge in [0.25, 0.3) is 0 Å². The number of amides is 1. The molecule has 0 atom stereocenters. The number of anilines is 1. The molecule has 0 radical (unpaired) electrons. The zero-order valence-corrected chi connectivity index (χ0v) is 13.1. The van der Waals surface area contributed by atoms with Crippen molar-refractivity contribution in [3.63, 3.8) is 0 Å². The molecule has 0 heterocycles. The van der Waals surface area contributed by atoms with Crippen LogP contribution in [0.1, 0.15) is 12.0 Å². The van der Waals surface area contributed by atoms with E-state index in [-0.39, 0.29) is 5.91 Å². The smallest absolute Gasteiger partial charge is 0.224 e. The summed E-state index contributed by atoms with van der Waals surface area (Å²) in [5.74, 6) is 0.928. The summed E-state index contributed by atoms with van der Waals surface area (Å²) in [6, 6.07) is 17.7. The molecule has 2 aromatic carbocycles. The maximum Gasteiger partial charge on any atom is 0.224 e. The second-order valence-electron chi connectivity index (χ2n) is 5.14. The quantitative estimate of drug-likeness (QED) is 0.853. The number of ether oxygens (including phenoxy) is 1. The lowest BCUT2D eigenvalue weighted by Gasteiger charge is -2.17. The predicted octanol–water partition coefficient (Wildman–Crippen LogP) is 3.16. The average Bonchev–Trinajstić information content (AvgIpc) is 2.56. The van der Waals surface area contributed by atoms with Gasteiger partial charge in [0, 0.05) is 38.3 Å². The van der Waals surface area contributed by atoms with Crippen molar-refractivity contribution < 1.29 is 9.53 Å². The zero-order valence-electron chi connectivity index (χ0n) is 13.1. The minimum Gasteiger partial charge on any atom is -0.497 e. The van der Waals surface area contributed by atoms with Crippen LogP contribution >= 0.6 is 0 Å². The summed E-state index contributed by atoms with van der Waals surface area (Å²) < 4.78 is 5.17. The highest BCUT2D eigenvalue weighted by molar-refractivity contribution is 5.76. The first kappa shape index (κ1) is 15.9. The Bertz CT molecular complexity index is 599. The molecule has 116 valence electrons. The lowest BCUT2D eigenvalue weighted by molar-refractivity contribution is -0.130. The average molecular weight is 298 g/mol. The maximum atomic E-state index is 12.1. The summed E-state index contributed by atoms with van der Waals surface area (Å²) in [5.41, 5.74) is 2.09. The van der Waals surface area contributed by atoms with Crippen LogP contribution in [0.5, 0.6) is 5.75 Å². The number of benzene rings is 2. The fourth-order valence-corrected chi connectivity index (χ4v) is 2.18. The summed E-state index contributed by atoms with van der Waals surface area (Å²) in [6.45, 7) is 1.24. The third-order valence-corrected chi connectivity index (χ3v) is 3.43. The van der Waals surface area contributed by atoms with Gasteiger partial charge in [-0.1, -0.05) is 36.4 Å². The molecule has 0 saturated heterocycles. The molecule has 4 nitrogen and oxygen atoms in total. The molecule has 4 heteroatoms. The van der Waals surface area contributed by atoms with Gasteiger partial charge in [-0.15, -0.1) is 0 Å². The van der Waals surface area contributed by atoms with Crippen LogP contribution < -0.4 is 10.1 Å². The van der Waals surface area contributed by atoms with Crippen LogP contribution in [-0.2, 0) is 11.3 Å². The predicted molar refractivity (Wildman–Crippen MR) is 89.0 cm³/mol. The van der Waals surface area contributed by atoms with E-state index in [9.17, 15) is 4.79 Å². The Morgan fingerprint density at radius 3 is 2.64 bits per heavy atom. The minimum absolute atomic E-state index is 0.124. The molecule has 0 bridgehead atoms. The molecule has 0 aliphatic rings. The monoisotopic (exact) mass is 298 g/mol. The van der Waals surface area contributed by atoms with Crippen molar-refractivity contribution in [2.45, 2.75) is 13.0 Å². The molecule has 2 rings (SSSR count). The summed E-state index contributed by atoms with van der Waals surface area (Å²) >= 11 is 0. The Hall–Kier alpha value is -2.49. The van der Waals surface area contributed by atoms with Crippen molar-refractivity contribution in [1.82, 2.24) is 4.90 Å². The number of nitrogens with zero attached hydrogens (tertiary/aromatic N) is 1. The number of hydrogen-bond acceptors (Lipinski definition) is 3. The number of carbonyl (C=O) groups is 1. The van der Waals surface area contributed by atoms with E-state index >= 15 is 0 Å². The molecule has 0 fully saturated rings. The molecule has 1 amide bonds. The summed E-state index contributed by atoms with van der Waals surface area (Å²) in [6.07, 6.45) is 0.459. The van der Waals surface area contributed by atoms with Crippen molar-refractivity contribution in [2.75, 3.05) is 26.0 Å². The van der Waals surface area contributed by atoms with Gasteiger partial charge < -0.3 is 15.0 Å². The fourth-order valence-electron chi connectivity index (χ4n) is 2.18. The Morgan fingerprint density at radius 1 is 1.14 bits per heavy atom. The van der Waals surface area contributed by atoms with Gasteiger partial charge in [-0.05, 0) is 17.7 Å². The third-order valence-electron chi connectivity index (χ3n) is 3.43. The standard InChI is InChI=1S/C18H22N2O2/c1-20(14-15-7-4-3-5-8-15)18(21)11-12-19-16-9-6-10-17(13-16)22-2/h3-10,13,19H,11-12,14H2,1-2H3. The summed E-state index contributed by atoms with van der Waals surface area (Å²) in [5, 5.41) is 3.24. The van der Waals surface area contributed by atoms with Crippen LogP contribution in [0.15, 0.2) is 54.6 Å². The van der Waals surface area contributed by atoms with Crippen LogP contribution in [-0.4, -0.2) is 31.5 Å². The molecular formula is C18H22N2O2. The van der Waals surface area contributed by atoms with Gasteiger partial charge in [-0.3, -0.25) is 4.79 Å². The summed E-state index contributed by atoms with van der Waals surface area (Å²) in [4.78, 5) is 13.9. The van der Waals surface area contributed by atoms with Crippen molar-refractivity contribution in [3.8, 4) is 5.75 Å². The molecule has 0 aromatic heterocycles. The fraction of sp³-hybridized carbons (Fsp3) is 0.278. The van der Waals surface area contributed by atoms with E-state index in [1.807, 2.05) is 61.6 Å². The van der Waals surface area contributed by atoms with Crippen molar-refractivity contribution in [1.29, 1.82) is 0 Å². The number of rotatable bonds is 7. The van der Waals surface area contributed by atoms with Crippen LogP contribution in [0.25, 0.3) is 0 Å². The Balaban J connectivity index is 1.77. The lowest BCUT2D eigenvalue weighted by atomic mass is 10.2. The molecule has 0 aliphatic carbocycles. The van der Waals surface area contributed by atoms with Crippen molar-refractivity contribution in [2.24, 2.45) is 0 Å². The number of hydrogen-bond donors (Lipinski definition) is 1. The molecule has 0 spiro atoms. The SMILES string of the molecule is COc1cccc(NCCC(=O)N(C)Cc2ccccc2)c1. The number of carbonyl (C=O) groups excluding carboxylic acids is 1. The molecule has 2 aromatic rings. The second kappa shape index (κ2) is 8.08. The zero-order chi connectivity index (χ0) is 15.8. The molecule has 0 aliphatic heterocycles. The Kier molecular flexibility index (Phi) is 5.83. The number of nitrogens with one attached hydrogen (secondary N) is 1. The minimum atomic E-state index is 0.124. The molecule has 1 N–H and O–H groups in total. The first-order valence-corrected chi connectivity index (χ1v) is 7.35. The maximum absolute atomic E-state index is 12.1. The van der Waals surface area contributed by atoms with Gasteiger partial charge in [0.15, 0.2) is 0 Å². The van der Waals surface area contributed by atoms with Gasteiger partial charge in [0.1, 0.15) is 5.75 Å². The first-order chi connectivity index (χ1) is 10.7. The number of methoxy groups -OCH3 is 1. The highest BCUT2D eigenvalue weighted by atomic mass is 16.5. The van der Waals surface area contributed by atoms with Gasteiger partial charge >= 0.3 is 0 Å². The van der Waals surface area contributed by atoms with Crippen LogP contribution in [0.4, 0.5) is 5.69 Å². The highest BCUT2D eigenvalue weighted by Crippen LogP contribution is 2.16. The molecule has 22 heavy (non-hydrogen) atoms. The molecule has 0 unspecified atom stereocenters. The second-order valence-corrected chi connectivity index (χ2v) is 5.14. The van der Waals surface area contributed by atoms with Crippen LogP contribution in [0.3, 0.4) is 0 Å². The van der Waals surface area contributed by atoms with E-state index in [4.69, 9.17) is 4.74 Å². The molecular weight excluding hydrogens is 276 g/mol. The van der Waals surface area contributed by atoms with E-state index in [0.29, 0.717) is 19.5 Å². The largest absolute Gasteiger partial charge is 0.497 e. The van der Waals surface area contributed by atoms with E-state index in [1.54, 1.807) is 12.0 Å². The van der Waals surface area contributed by atoms with Gasteiger partial charge in [0.2, 0.25) is 5.91 Å². The van der Waals surface area contributed by atoms with E-state index in [0.717, 1.165) is 17.0 Å².